The minimum absolute atomic E-state index is 0.125. The van der Waals surface area contributed by atoms with Crippen LogP contribution in [-0.4, -0.2) is 21.9 Å². The Kier molecular flexibility index (Phi) is 5.64. The first kappa shape index (κ1) is 17.3. The Labute approximate surface area is 134 Å². The molecule has 2 aromatic rings. The summed E-state index contributed by atoms with van der Waals surface area (Å²) in [5, 5.41) is 10.0. The number of carbonyl (C=O) groups is 1. The lowest BCUT2D eigenvalue weighted by molar-refractivity contribution is -0.137. The van der Waals surface area contributed by atoms with Gasteiger partial charge in [0.2, 0.25) is 11.8 Å². The van der Waals surface area contributed by atoms with E-state index in [-0.39, 0.29) is 16.7 Å². The van der Waals surface area contributed by atoms with Crippen LogP contribution in [0.5, 0.6) is 0 Å². The fourth-order valence-electron chi connectivity index (χ4n) is 1.76. The van der Waals surface area contributed by atoms with Gasteiger partial charge in [-0.2, -0.15) is 13.2 Å². The number of alkyl halides is 3. The Morgan fingerprint density at radius 2 is 2.04 bits per heavy atom. The first-order chi connectivity index (χ1) is 10.9. The van der Waals surface area contributed by atoms with Crippen molar-refractivity contribution in [1.29, 1.82) is 0 Å². The fourth-order valence-corrected chi connectivity index (χ4v) is 2.34. The molecule has 1 aromatic heterocycles. The molecule has 0 saturated heterocycles. The van der Waals surface area contributed by atoms with E-state index in [4.69, 9.17) is 4.42 Å². The first-order valence-corrected chi connectivity index (χ1v) is 7.80. The van der Waals surface area contributed by atoms with E-state index in [0.29, 0.717) is 12.3 Å². The van der Waals surface area contributed by atoms with Gasteiger partial charge < -0.3 is 9.73 Å². The molecule has 124 valence electrons. The third kappa shape index (κ3) is 4.98. The SMILES string of the molecule is CCCc1nnc(SCC(=O)Nc2ccccc2C(F)(F)F)o1. The minimum Gasteiger partial charge on any atom is -0.416 e. The molecule has 1 amide bonds. The van der Waals surface area contributed by atoms with E-state index in [9.17, 15) is 18.0 Å². The zero-order chi connectivity index (χ0) is 16.9. The summed E-state index contributed by atoms with van der Waals surface area (Å²) in [6.45, 7) is 1.96. The van der Waals surface area contributed by atoms with Crippen molar-refractivity contribution in [3.05, 3.63) is 35.7 Å². The topological polar surface area (TPSA) is 68.0 Å². The zero-order valence-corrected chi connectivity index (χ0v) is 13.0. The van der Waals surface area contributed by atoms with Gasteiger partial charge in [-0.3, -0.25) is 4.79 Å². The Morgan fingerprint density at radius 1 is 1.30 bits per heavy atom. The number of amides is 1. The van der Waals surface area contributed by atoms with E-state index >= 15 is 0 Å². The van der Waals surface area contributed by atoms with Crippen LogP contribution >= 0.6 is 11.8 Å². The molecule has 0 bridgehead atoms. The number of carbonyl (C=O) groups excluding carboxylic acids is 1. The van der Waals surface area contributed by atoms with Crippen LogP contribution in [0.15, 0.2) is 33.9 Å². The molecule has 0 spiro atoms. The smallest absolute Gasteiger partial charge is 0.416 e. The second-order valence-electron chi connectivity index (χ2n) is 4.59. The average Bonchev–Trinajstić information content (AvgIpc) is 2.93. The van der Waals surface area contributed by atoms with Gasteiger partial charge in [-0.25, -0.2) is 0 Å². The standard InChI is InChI=1S/C14H14F3N3O2S/c1-2-5-12-19-20-13(22-12)23-8-11(21)18-10-7-4-3-6-9(10)14(15,16)17/h3-4,6-7H,2,5,8H2,1H3,(H,18,21). The molecular weight excluding hydrogens is 331 g/mol. The van der Waals surface area contributed by atoms with Crippen LogP contribution in [0, 0.1) is 0 Å². The van der Waals surface area contributed by atoms with Crippen molar-refractivity contribution in [3.63, 3.8) is 0 Å². The van der Waals surface area contributed by atoms with Gasteiger partial charge in [0.15, 0.2) is 0 Å². The Hall–Kier alpha value is -2.03. The van der Waals surface area contributed by atoms with E-state index < -0.39 is 17.6 Å². The molecule has 0 aliphatic rings. The van der Waals surface area contributed by atoms with E-state index in [0.717, 1.165) is 24.2 Å². The molecule has 0 fully saturated rings. The monoisotopic (exact) mass is 345 g/mol. The zero-order valence-electron chi connectivity index (χ0n) is 12.2. The summed E-state index contributed by atoms with van der Waals surface area (Å²) < 4.78 is 43.8. The number of para-hydroxylation sites is 1. The highest BCUT2D eigenvalue weighted by Gasteiger charge is 2.33. The summed E-state index contributed by atoms with van der Waals surface area (Å²) >= 11 is 0.974. The first-order valence-electron chi connectivity index (χ1n) is 6.81. The molecule has 1 N–H and O–H groups in total. The molecule has 5 nitrogen and oxygen atoms in total. The number of aryl methyl sites for hydroxylation is 1. The maximum Gasteiger partial charge on any atom is 0.418 e. The lowest BCUT2D eigenvalue weighted by Gasteiger charge is -2.13. The quantitative estimate of drug-likeness (QED) is 0.807. The van der Waals surface area contributed by atoms with Crippen molar-refractivity contribution in [2.24, 2.45) is 0 Å². The second kappa shape index (κ2) is 7.49. The molecule has 1 heterocycles. The third-order valence-corrected chi connectivity index (χ3v) is 3.56. The molecule has 1 aromatic carbocycles. The summed E-state index contributed by atoms with van der Waals surface area (Å²) in [5.74, 6) is -0.236. The Balaban J connectivity index is 1.95. The molecule has 0 unspecified atom stereocenters. The van der Waals surface area contributed by atoms with Gasteiger partial charge in [0.05, 0.1) is 17.0 Å². The summed E-state index contributed by atoms with van der Waals surface area (Å²) in [6.07, 6.45) is -3.04. The molecular formula is C14H14F3N3O2S. The second-order valence-corrected chi connectivity index (χ2v) is 5.52. The summed E-state index contributed by atoms with van der Waals surface area (Å²) in [5.41, 5.74) is -1.16. The number of nitrogens with zero attached hydrogens (tertiary/aromatic N) is 2. The normalized spacial score (nSPS) is 11.5. The van der Waals surface area contributed by atoms with Crippen LogP contribution in [0.3, 0.4) is 0 Å². The minimum atomic E-state index is -4.53. The highest BCUT2D eigenvalue weighted by atomic mass is 32.2. The summed E-state index contributed by atoms with van der Waals surface area (Å²) in [7, 11) is 0. The van der Waals surface area contributed by atoms with Gasteiger partial charge in [0.25, 0.3) is 5.22 Å². The Bertz CT molecular complexity index is 673. The van der Waals surface area contributed by atoms with E-state index in [1.165, 1.54) is 18.2 Å². The van der Waals surface area contributed by atoms with Crippen molar-refractivity contribution >= 4 is 23.4 Å². The number of halogens is 3. The average molecular weight is 345 g/mol. The van der Waals surface area contributed by atoms with Gasteiger partial charge in [0.1, 0.15) is 0 Å². The molecule has 0 saturated carbocycles. The van der Waals surface area contributed by atoms with Crippen LogP contribution in [0.1, 0.15) is 24.8 Å². The van der Waals surface area contributed by atoms with Gasteiger partial charge in [-0.15, -0.1) is 10.2 Å². The molecule has 9 heteroatoms. The van der Waals surface area contributed by atoms with Crippen LogP contribution in [-0.2, 0) is 17.4 Å². The number of hydrogen-bond donors (Lipinski definition) is 1. The van der Waals surface area contributed by atoms with E-state index in [1.807, 2.05) is 6.92 Å². The number of nitrogens with one attached hydrogen (secondary N) is 1. The third-order valence-electron chi connectivity index (χ3n) is 2.75. The predicted octanol–water partition coefficient (Wildman–Crippen LogP) is 3.77. The van der Waals surface area contributed by atoms with Crippen LogP contribution in [0.2, 0.25) is 0 Å². The van der Waals surface area contributed by atoms with Gasteiger partial charge in [-0.1, -0.05) is 30.8 Å². The number of benzene rings is 1. The highest BCUT2D eigenvalue weighted by molar-refractivity contribution is 7.99. The van der Waals surface area contributed by atoms with Crippen molar-refractivity contribution in [2.75, 3.05) is 11.1 Å². The van der Waals surface area contributed by atoms with Crippen molar-refractivity contribution in [2.45, 2.75) is 31.2 Å². The van der Waals surface area contributed by atoms with Crippen LogP contribution in [0.25, 0.3) is 0 Å². The number of anilines is 1. The van der Waals surface area contributed by atoms with Crippen molar-refractivity contribution in [3.8, 4) is 0 Å². The summed E-state index contributed by atoms with van der Waals surface area (Å²) in [4.78, 5) is 11.8. The predicted molar refractivity (Wildman–Crippen MR) is 79.1 cm³/mol. The highest BCUT2D eigenvalue weighted by Crippen LogP contribution is 2.34. The molecule has 0 aliphatic heterocycles. The molecule has 0 aliphatic carbocycles. The van der Waals surface area contributed by atoms with Gasteiger partial charge in [-0.05, 0) is 18.6 Å². The van der Waals surface area contributed by atoms with E-state index in [2.05, 4.69) is 15.5 Å². The molecule has 23 heavy (non-hydrogen) atoms. The lowest BCUT2D eigenvalue weighted by atomic mass is 10.1. The maximum atomic E-state index is 12.8. The van der Waals surface area contributed by atoms with Crippen LogP contribution < -0.4 is 5.32 Å². The molecule has 0 atom stereocenters. The van der Waals surface area contributed by atoms with Crippen LogP contribution in [0.4, 0.5) is 18.9 Å². The largest absolute Gasteiger partial charge is 0.418 e. The number of aromatic nitrogens is 2. The molecule has 0 radical (unpaired) electrons. The number of rotatable bonds is 6. The summed E-state index contributed by atoms with van der Waals surface area (Å²) in [6, 6.07) is 4.81. The number of hydrogen-bond acceptors (Lipinski definition) is 5. The van der Waals surface area contributed by atoms with Gasteiger partial charge >= 0.3 is 6.18 Å². The Morgan fingerprint density at radius 3 is 2.74 bits per heavy atom. The van der Waals surface area contributed by atoms with Gasteiger partial charge in [0, 0.05) is 6.42 Å². The number of thioether (sulfide) groups is 1. The molecule has 2 rings (SSSR count). The van der Waals surface area contributed by atoms with E-state index in [1.54, 1.807) is 0 Å². The lowest BCUT2D eigenvalue weighted by Crippen LogP contribution is -2.18. The maximum absolute atomic E-state index is 12.8. The van der Waals surface area contributed by atoms with Crippen molar-refractivity contribution < 1.29 is 22.4 Å². The fraction of sp³-hybridized carbons (Fsp3) is 0.357. The van der Waals surface area contributed by atoms with Crippen molar-refractivity contribution in [1.82, 2.24) is 10.2 Å².